The van der Waals surface area contributed by atoms with Crippen LogP contribution in [-0.2, 0) is 0 Å². The number of rotatable bonds is 0. The molecule has 0 amide bonds. The fourth-order valence-electron chi connectivity index (χ4n) is 1.88. The summed E-state index contributed by atoms with van der Waals surface area (Å²) >= 11 is 2.36. The van der Waals surface area contributed by atoms with Gasteiger partial charge in [0.05, 0.1) is 6.61 Å². The molecule has 1 aromatic carbocycles. The zero-order valence-electron chi connectivity index (χ0n) is 8.43. The van der Waals surface area contributed by atoms with Crippen molar-refractivity contribution < 1.29 is 4.74 Å². The number of hydrogen-bond donors (Lipinski definition) is 1. The molecular formula is C11H14INO. The molecule has 0 aromatic heterocycles. The Morgan fingerprint density at radius 3 is 2.93 bits per heavy atom. The van der Waals surface area contributed by atoms with E-state index >= 15 is 0 Å². The van der Waals surface area contributed by atoms with Gasteiger partial charge in [-0.05, 0) is 48.1 Å². The third-order valence-corrected chi connectivity index (χ3v) is 4.38. The van der Waals surface area contributed by atoms with Crippen LogP contribution in [0.3, 0.4) is 0 Å². The van der Waals surface area contributed by atoms with Crippen LogP contribution in [0.2, 0.25) is 0 Å². The Balaban J connectivity index is 2.63. The van der Waals surface area contributed by atoms with Crippen molar-refractivity contribution in [2.45, 2.75) is 26.3 Å². The summed E-state index contributed by atoms with van der Waals surface area (Å²) in [7, 11) is 0. The highest BCUT2D eigenvalue weighted by Crippen LogP contribution is 2.37. The summed E-state index contributed by atoms with van der Waals surface area (Å²) in [5.41, 5.74) is 9.75. The van der Waals surface area contributed by atoms with Gasteiger partial charge in [0.1, 0.15) is 5.75 Å². The van der Waals surface area contributed by atoms with Crippen LogP contribution in [0.25, 0.3) is 0 Å². The highest BCUT2D eigenvalue weighted by atomic mass is 127. The average molecular weight is 303 g/mol. The van der Waals surface area contributed by atoms with Crippen molar-refractivity contribution in [3.63, 3.8) is 0 Å². The maximum atomic E-state index is 6.05. The summed E-state index contributed by atoms with van der Waals surface area (Å²) < 4.78 is 6.96. The van der Waals surface area contributed by atoms with Gasteiger partial charge < -0.3 is 10.5 Å². The molecule has 1 aromatic rings. The molecule has 1 aliphatic heterocycles. The van der Waals surface area contributed by atoms with Crippen LogP contribution in [0, 0.1) is 17.4 Å². The van der Waals surface area contributed by atoms with Crippen molar-refractivity contribution in [3.8, 4) is 5.75 Å². The Morgan fingerprint density at radius 2 is 2.21 bits per heavy atom. The lowest BCUT2D eigenvalue weighted by Gasteiger charge is -2.25. The molecule has 2 N–H and O–H groups in total. The molecule has 0 saturated heterocycles. The first kappa shape index (κ1) is 10.2. The second-order valence-corrected chi connectivity index (χ2v) is 4.87. The van der Waals surface area contributed by atoms with Gasteiger partial charge in [0, 0.05) is 27.2 Å². The van der Waals surface area contributed by atoms with E-state index in [9.17, 15) is 0 Å². The lowest BCUT2D eigenvalue weighted by atomic mass is 9.96. The minimum atomic E-state index is 0.146. The molecule has 0 bridgehead atoms. The molecule has 2 nitrogen and oxygen atoms in total. The highest BCUT2D eigenvalue weighted by Gasteiger charge is 2.21. The molecule has 14 heavy (non-hydrogen) atoms. The molecule has 1 aliphatic rings. The maximum absolute atomic E-state index is 6.05. The van der Waals surface area contributed by atoms with Crippen LogP contribution in [0.1, 0.15) is 29.2 Å². The largest absolute Gasteiger partial charge is 0.493 e. The van der Waals surface area contributed by atoms with E-state index in [0.29, 0.717) is 0 Å². The zero-order chi connectivity index (χ0) is 10.3. The standard InChI is InChI=1S/C11H14INO/c1-6-5-8-9(13)3-4-14-11(8)7(2)10(6)12/h5,9H,3-4,13H2,1-2H3/t9-/m0/s1. The summed E-state index contributed by atoms with van der Waals surface area (Å²) in [6.45, 7) is 4.97. The Hall–Kier alpha value is -0.290. The van der Waals surface area contributed by atoms with Crippen LogP contribution < -0.4 is 10.5 Å². The SMILES string of the molecule is Cc1cc2c(c(C)c1I)OCC[C@@H]2N. The minimum absolute atomic E-state index is 0.146. The van der Waals surface area contributed by atoms with Crippen LogP contribution in [0.15, 0.2) is 6.07 Å². The van der Waals surface area contributed by atoms with Crippen molar-refractivity contribution in [3.05, 3.63) is 26.3 Å². The van der Waals surface area contributed by atoms with Gasteiger partial charge in [-0.1, -0.05) is 0 Å². The average Bonchev–Trinajstić information content (AvgIpc) is 2.17. The predicted octanol–water partition coefficient (Wildman–Crippen LogP) is 2.69. The van der Waals surface area contributed by atoms with Crippen molar-refractivity contribution in [2.24, 2.45) is 5.73 Å². The van der Waals surface area contributed by atoms with Gasteiger partial charge in [-0.3, -0.25) is 0 Å². The van der Waals surface area contributed by atoms with Crippen molar-refractivity contribution >= 4 is 22.6 Å². The van der Waals surface area contributed by atoms with Gasteiger partial charge in [-0.2, -0.15) is 0 Å². The predicted molar refractivity (Wildman–Crippen MR) is 65.7 cm³/mol. The second-order valence-electron chi connectivity index (χ2n) is 3.79. The fourth-order valence-corrected chi connectivity index (χ4v) is 2.29. The van der Waals surface area contributed by atoms with E-state index in [2.05, 4.69) is 42.5 Å². The molecule has 0 unspecified atom stereocenters. The number of ether oxygens (including phenoxy) is 1. The Morgan fingerprint density at radius 1 is 1.50 bits per heavy atom. The summed E-state index contributed by atoms with van der Waals surface area (Å²) in [6, 6.07) is 2.31. The number of fused-ring (bicyclic) bond motifs is 1. The molecule has 0 spiro atoms. The van der Waals surface area contributed by atoms with Gasteiger partial charge in [0.2, 0.25) is 0 Å². The minimum Gasteiger partial charge on any atom is -0.493 e. The number of benzene rings is 1. The molecule has 0 aliphatic carbocycles. The normalized spacial score (nSPS) is 20.1. The van der Waals surface area contributed by atoms with E-state index in [-0.39, 0.29) is 6.04 Å². The zero-order valence-corrected chi connectivity index (χ0v) is 10.6. The molecule has 1 atom stereocenters. The smallest absolute Gasteiger partial charge is 0.128 e. The molecule has 76 valence electrons. The van der Waals surface area contributed by atoms with Gasteiger partial charge in [0.15, 0.2) is 0 Å². The number of halogens is 1. The van der Waals surface area contributed by atoms with E-state index in [0.717, 1.165) is 18.8 Å². The fraction of sp³-hybridized carbons (Fsp3) is 0.455. The quantitative estimate of drug-likeness (QED) is 0.748. The first-order valence-electron chi connectivity index (χ1n) is 4.79. The summed E-state index contributed by atoms with van der Waals surface area (Å²) in [4.78, 5) is 0. The molecule has 3 heteroatoms. The van der Waals surface area contributed by atoms with E-state index < -0.39 is 0 Å². The second kappa shape index (κ2) is 3.70. The molecule has 0 radical (unpaired) electrons. The molecule has 1 heterocycles. The maximum Gasteiger partial charge on any atom is 0.128 e. The lowest BCUT2D eigenvalue weighted by Crippen LogP contribution is -2.21. The van der Waals surface area contributed by atoms with Crippen molar-refractivity contribution in [1.82, 2.24) is 0 Å². The topological polar surface area (TPSA) is 35.2 Å². The summed E-state index contributed by atoms with van der Waals surface area (Å²) in [5.74, 6) is 1.01. The molecular weight excluding hydrogens is 289 g/mol. The van der Waals surface area contributed by atoms with Crippen molar-refractivity contribution in [2.75, 3.05) is 6.61 Å². The van der Waals surface area contributed by atoms with Crippen LogP contribution in [-0.4, -0.2) is 6.61 Å². The van der Waals surface area contributed by atoms with E-state index in [1.54, 1.807) is 0 Å². The third kappa shape index (κ3) is 1.52. The summed E-state index contributed by atoms with van der Waals surface area (Å²) in [5, 5.41) is 0. The van der Waals surface area contributed by atoms with Crippen LogP contribution >= 0.6 is 22.6 Å². The van der Waals surface area contributed by atoms with E-state index in [1.165, 1.54) is 20.3 Å². The third-order valence-electron chi connectivity index (χ3n) is 2.72. The highest BCUT2D eigenvalue weighted by molar-refractivity contribution is 14.1. The van der Waals surface area contributed by atoms with Gasteiger partial charge >= 0.3 is 0 Å². The van der Waals surface area contributed by atoms with Gasteiger partial charge in [0.25, 0.3) is 0 Å². The number of nitrogens with two attached hydrogens (primary N) is 1. The van der Waals surface area contributed by atoms with Gasteiger partial charge in [-0.15, -0.1) is 0 Å². The van der Waals surface area contributed by atoms with E-state index in [4.69, 9.17) is 10.5 Å². The van der Waals surface area contributed by atoms with E-state index in [1.807, 2.05) is 0 Å². The number of hydrogen-bond acceptors (Lipinski definition) is 2. The molecule has 0 fully saturated rings. The lowest BCUT2D eigenvalue weighted by molar-refractivity contribution is 0.266. The molecule has 2 rings (SSSR count). The van der Waals surface area contributed by atoms with Crippen LogP contribution in [0.5, 0.6) is 5.75 Å². The Bertz CT molecular complexity index is 376. The molecule has 0 saturated carbocycles. The first-order valence-corrected chi connectivity index (χ1v) is 5.87. The Labute approximate surface area is 98.0 Å². The monoisotopic (exact) mass is 303 g/mol. The summed E-state index contributed by atoms with van der Waals surface area (Å²) in [6.07, 6.45) is 0.923. The Kier molecular flexibility index (Phi) is 2.70. The number of aryl methyl sites for hydroxylation is 1. The first-order chi connectivity index (χ1) is 6.61. The van der Waals surface area contributed by atoms with Crippen molar-refractivity contribution in [1.29, 1.82) is 0 Å². The van der Waals surface area contributed by atoms with Gasteiger partial charge in [-0.25, -0.2) is 0 Å². The van der Waals surface area contributed by atoms with Crippen LogP contribution in [0.4, 0.5) is 0 Å².